The van der Waals surface area contributed by atoms with Crippen molar-refractivity contribution in [3.8, 4) is 0 Å². The lowest BCUT2D eigenvalue weighted by molar-refractivity contribution is 0.683. The fourth-order valence-corrected chi connectivity index (χ4v) is 1.79. The van der Waals surface area contributed by atoms with E-state index in [1.807, 2.05) is 0 Å². The fraction of sp³-hybridized carbons (Fsp3) is 0.818. The molecule has 1 aliphatic rings. The van der Waals surface area contributed by atoms with Gasteiger partial charge in [-0.15, -0.1) is 0 Å². The highest BCUT2D eigenvalue weighted by molar-refractivity contribution is 6.10. The number of hydrogen-bond acceptors (Lipinski definition) is 2. The lowest BCUT2D eigenvalue weighted by atomic mass is 9.79. The van der Waals surface area contributed by atoms with Crippen molar-refractivity contribution in [3.63, 3.8) is 0 Å². The van der Waals surface area contributed by atoms with E-state index in [2.05, 4.69) is 25.8 Å². The van der Waals surface area contributed by atoms with Gasteiger partial charge in [0.05, 0.1) is 0 Å². The highest BCUT2D eigenvalue weighted by Gasteiger charge is 2.30. The lowest BCUT2D eigenvalue weighted by Crippen LogP contribution is -2.31. The topological polar surface area (TPSA) is 36.2 Å². The number of aliphatic imine (C=N–C) groups is 1. The van der Waals surface area contributed by atoms with Crippen molar-refractivity contribution >= 4 is 11.4 Å². The second kappa shape index (κ2) is 4.03. The Morgan fingerprint density at radius 1 is 1.54 bits per heavy atom. The molecule has 1 aliphatic heterocycles. The van der Waals surface area contributed by atoms with Crippen molar-refractivity contribution in [1.82, 2.24) is 0 Å². The molecule has 0 aromatic heterocycles. The predicted molar refractivity (Wildman–Crippen MR) is 58.0 cm³/mol. The van der Waals surface area contributed by atoms with Gasteiger partial charge in [-0.05, 0) is 33.1 Å². The van der Waals surface area contributed by atoms with E-state index >= 15 is 0 Å². The maximum Gasteiger partial charge on any atom is 0.0402 e. The Kier molecular flexibility index (Phi) is 3.23. The molecule has 74 valence electrons. The fourth-order valence-electron chi connectivity index (χ4n) is 1.79. The summed E-state index contributed by atoms with van der Waals surface area (Å²) >= 11 is 0. The minimum absolute atomic E-state index is 0.0769. The molecule has 0 unspecified atom stereocenters. The van der Waals surface area contributed by atoms with Gasteiger partial charge in [0.2, 0.25) is 0 Å². The molecule has 0 radical (unpaired) electrons. The van der Waals surface area contributed by atoms with Crippen molar-refractivity contribution in [2.45, 2.75) is 46.5 Å². The third-order valence-electron chi connectivity index (χ3n) is 2.85. The van der Waals surface area contributed by atoms with Crippen LogP contribution in [0.2, 0.25) is 0 Å². The van der Waals surface area contributed by atoms with Crippen LogP contribution < -0.4 is 0 Å². The van der Waals surface area contributed by atoms with Crippen LogP contribution in [0.5, 0.6) is 0 Å². The van der Waals surface area contributed by atoms with Crippen LogP contribution in [0.25, 0.3) is 0 Å². The van der Waals surface area contributed by atoms with Gasteiger partial charge in [0.1, 0.15) is 0 Å². The van der Waals surface area contributed by atoms with Gasteiger partial charge in [-0.25, -0.2) is 0 Å². The first-order valence-corrected chi connectivity index (χ1v) is 5.20. The average Bonchev–Trinajstić information content (AvgIpc) is 2.56. The summed E-state index contributed by atoms with van der Waals surface area (Å²) < 4.78 is 0. The van der Waals surface area contributed by atoms with Gasteiger partial charge >= 0.3 is 0 Å². The smallest absolute Gasteiger partial charge is 0.0402 e. The van der Waals surface area contributed by atoms with Gasteiger partial charge < -0.3 is 5.41 Å². The molecule has 0 saturated carbocycles. The van der Waals surface area contributed by atoms with E-state index in [4.69, 9.17) is 5.41 Å². The molecule has 1 rings (SSSR count). The minimum Gasteiger partial charge on any atom is -0.309 e. The number of nitrogens with zero attached hydrogens (tertiary/aromatic N) is 1. The van der Waals surface area contributed by atoms with Crippen LogP contribution in [0.15, 0.2) is 4.99 Å². The molecular weight excluding hydrogens is 160 g/mol. The molecule has 0 atom stereocenters. The molecule has 2 heteroatoms. The quantitative estimate of drug-likeness (QED) is 0.645. The summed E-state index contributed by atoms with van der Waals surface area (Å²) in [6.07, 6.45) is 4.25. The van der Waals surface area contributed by atoms with E-state index < -0.39 is 0 Å². The Bertz CT molecular complexity index is 226. The second-order valence-corrected chi connectivity index (χ2v) is 4.29. The number of hydrogen-bond donors (Lipinski definition) is 1. The zero-order valence-corrected chi connectivity index (χ0v) is 8.98. The molecule has 0 aromatic rings. The molecule has 1 N–H and O–H groups in total. The molecule has 0 aliphatic carbocycles. The monoisotopic (exact) mass is 180 g/mol. The summed E-state index contributed by atoms with van der Waals surface area (Å²) in [6, 6.07) is 0. The van der Waals surface area contributed by atoms with Gasteiger partial charge in [-0.1, -0.05) is 13.3 Å². The molecule has 0 saturated heterocycles. The van der Waals surface area contributed by atoms with Crippen molar-refractivity contribution in [1.29, 1.82) is 5.41 Å². The molecular formula is C11H20N2. The zero-order chi connectivity index (χ0) is 9.90. The van der Waals surface area contributed by atoms with Crippen LogP contribution >= 0.6 is 0 Å². The Hall–Kier alpha value is -0.660. The normalized spacial score (nSPS) is 17.3. The molecule has 13 heavy (non-hydrogen) atoms. The van der Waals surface area contributed by atoms with E-state index in [0.717, 1.165) is 31.5 Å². The maximum atomic E-state index is 7.98. The van der Waals surface area contributed by atoms with Crippen molar-refractivity contribution < 1.29 is 0 Å². The van der Waals surface area contributed by atoms with E-state index in [1.165, 1.54) is 12.1 Å². The average molecular weight is 180 g/mol. The molecule has 2 nitrogen and oxygen atoms in total. The standard InChI is InChI=1S/C11H20N2/c1-4-6-9(12)11(2,3)10-7-5-8-13-10/h12H,4-8H2,1-3H3. The van der Waals surface area contributed by atoms with Gasteiger partial charge in [0.15, 0.2) is 0 Å². The van der Waals surface area contributed by atoms with Gasteiger partial charge in [-0.3, -0.25) is 4.99 Å². The first-order chi connectivity index (χ1) is 6.09. The summed E-state index contributed by atoms with van der Waals surface area (Å²) in [6.45, 7) is 7.36. The highest BCUT2D eigenvalue weighted by Crippen LogP contribution is 2.27. The largest absolute Gasteiger partial charge is 0.309 e. The van der Waals surface area contributed by atoms with Crippen LogP contribution in [0.4, 0.5) is 0 Å². The summed E-state index contributed by atoms with van der Waals surface area (Å²) in [5, 5.41) is 7.98. The van der Waals surface area contributed by atoms with E-state index in [0.29, 0.717) is 0 Å². The predicted octanol–water partition coefficient (Wildman–Crippen LogP) is 3.07. The third-order valence-corrected chi connectivity index (χ3v) is 2.85. The Balaban J connectivity index is 2.68. The summed E-state index contributed by atoms with van der Waals surface area (Å²) in [5.41, 5.74) is 2.01. The molecule has 0 aromatic carbocycles. The van der Waals surface area contributed by atoms with E-state index in [9.17, 15) is 0 Å². The molecule has 0 spiro atoms. The Morgan fingerprint density at radius 3 is 2.69 bits per heavy atom. The maximum absolute atomic E-state index is 7.98. The van der Waals surface area contributed by atoms with Gasteiger partial charge in [0, 0.05) is 23.4 Å². The van der Waals surface area contributed by atoms with Crippen LogP contribution in [-0.2, 0) is 0 Å². The van der Waals surface area contributed by atoms with Crippen LogP contribution in [-0.4, -0.2) is 18.0 Å². The van der Waals surface area contributed by atoms with E-state index in [1.54, 1.807) is 0 Å². The number of rotatable bonds is 4. The summed E-state index contributed by atoms with van der Waals surface area (Å²) in [5.74, 6) is 0. The van der Waals surface area contributed by atoms with Gasteiger partial charge in [-0.2, -0.15) is 0 Å². The highest BCUT2D eigenvalue weighted by atomic mass is 14.8. The SMILES string of the molecule is CCCC(=N)C(C)(C)C1=NCCC1. The minimum atomic E-state index is -0.0769. The lowest BCUT2D eigenvalue weighted by Gasteiger charge is -2.25. The van der Waals surface area contributed by atoms with Crippen LogP contribution in [0.3, 0.4) is 0 Å². The summed E-state index contributed by atoms with van der Waals surface area (Å²) in [4.78, 5) is 4.49. The molecule has 0 bridgehead atoms. The summed E-state index contributed by atoms with van der Waals surface area (Å²) in [7, 11) is 0. The van der Waals surface area contributed by atoms with E-state index in [-0.39, 0.29) is 5.41 Å². The molecule has 0 fully saturated rings. The first kappa shape index (κ1) is 10.4. The van der Waals surface area contributed by atoms with Crippen molar-refractivity contribution in [3.05, 3.63) is 0 Å². The first-order valence-electron chi connectivity index (χ1n) is 5.20. The molecule has 1 heterocycles. The molecule has 0 amide bonds. The number of nitrogens with one attached hydrogen (secondary N) is 1. The van der Waals surface area contributed by atoms with Crippen molar-refractivity contribution in [2.75, 3.05) is 6.54 Å². The Labute approximate surface area is 81.0 Å². The van der Waals surface area contributed by atoms with Crippen LogP contribution in [0.1, 0.15) is 46.5 Å². The van der Waals surface area contributed by atoms with Gasteiger partial charge in [0.25, 0.3) is 0 Å². The Morgan fingerprint density at radius 2 is 2.23 bits per heavy atom. The zero-order valence-electron chi connectivity index (χ0n) is 8.98. The van der Waals surface area contributed by atoms with Crippen molar-refractivity contribution in [2.24, 2.45) is 10.4 Å². The second-order valence-electron chi connectivity index (χ2n) is 4.29. The van der Waals surface area contributed by atoms with Crippen LogP contribution in [0, 0.1) is 10.8 Å². The third kappa shape index (κ3) is 2.17.